The predicted molar refractivity (Wildman–Crippen MR) is 156 cm³/mol. The van der Waals surface area contributed by atoms with E-state index >= 15 is 0 Å². The van der Waals surface area contributed by atoms with Gasteiger partial charge in [0.1, 0.15) is 11.3 Å². The van der Waals surface area contributed by atoms with Gasteiger partial charge in [0.05, 0.1) is 35.7 Å². The third-order valence-corrected chi connectivity index (χ3v) is 7.57. The molecule has 1 aliphatic carbocycles. The van der Waals surface area contributed by atoms with Crippen LogP contribution in [0.5, 0.6) is 5.75 Å². The first-order chi connectivity index (χ1) is 20.4. The maximum absolute atomic E-state index is 14.6. The number of carbonyl (C=O) groups is 2. The summed E-state index contributed by atoms with van der Waals surface area (Å²) in [6.45, 7) is 6.77. The van der Waals surface area contributed by atoms with E-state index in [-0.39, 0.29) is 18.3 Å². The maximum Gasteiger partial charge on any atom is 0.381 e. The minimum atomic E-state index is -2.24. The Morgan fingerprint density at radius 1 is 1.19 bits per heavy atom. The van der Waals surface area contributed by atoms with Crippen molar-refractivity contribution >= 4 is 33.9 Å². The number of benzene rings is 1. The van der Waals surface area contributed by atoms with Crippen molar-refractivity contribution in [2.24, 2.45) is 13.0 Å². The van der Waals surface area contributed by atoms with Gasteiger partial charge in [0.15, 0.2) is 11.5 Å². The molecule has 1 aliphatic heterocycles. The highest BCUT2D eigenvalue weighted by atomic mass is 19.1. The van der Waals surface area contributed by atoms with Gasteiger partial charge in [-0.15, -0.1) is 0 Å². The molecule has 0 spiro atoms. The van der Waals surface area contributed by atoms with Crippen LogP contribution in [0.3, 0.4) is 0 Å². The highest BCUT2D eigenvalue weighted by molar-refractivity contribution is 5.99. The van der Waals surface area contributed by atoms with E-state index in [0.29, 0.717) is 72.2 Å². The van der Waals surface area contributed by atoms with Crippen LogP contribution in [0, 0.1) is 5.92 Å². The first-order valence-electron chi connectivity index (χ1n) is 14.7. The quantitative estimate of drug-likeness (QED) is 0.226. The summed E-state index contributed by atoms with van der Waals surface area (Å²) >= 11 is 0. The van der Waals surface area contributed by atoms with Crippen molar-refractivity contribution in [1.82, 2.24) is 24.0 Å². The zero-order valence-electron chi connectivity index (χ0n) is 24.5. The monoisotopic (exact) mass is 581 g/mol. The summed E-state index contributed by atoms with van der Waals surface area (Å²) in [6.07, 6.45) is 0.844. The number of aryl methyl sites for hydroxylation is 1. The summed E-state index contributed by atoms with van der Waals surface area (Å²) in [5.41, 5.74) is 3.94. The van der Waals surface area contributed by atoms with Gasteiger partial charge in [-0.1, -0.05) is 26.0 Å². The number of imidazole rings is 1. The fourth-order valence-corrected chi connectivity index (χ4v) is 5.42. The number of fused-ring (bicyclic) bond motifs is 3. The van der Waals surface area contributed by atoms with E-state index in [2.05, 4.69) is 4.57 Å². The summed E-state index contributed by atoms with van der Waals surface area (Å²) in [7, 11) is 1.89. The molecule has 2 aliphatic rings. The second-order valence-corrected chi connectivity index (χ2v) is 10.4. The number of alkyl halides is 2. The molecule has 0 saturated heterocycles. The Balaban J connectivity index is 0.00000173. The number of amides is 1. The highest BCUT2D eigenvalue weighted by Crippen LogP contribution is 2.39. The van der Waals surface area contributed by atoms with Gasteiger partial charge in [0.2, 0.25) is 0 Å². The molecule has 0 bridgehead atoms. The summed E-state index contributed by atoms with van der Waals surface area (Å²) < 4.78 is 41.6. The summed E-state index contributed by atoms with van der Waals surface area (Å²) in [5.74, 6) is 0.154. The molecule has 1 unspecified atom stereocenters. The van der Waals surface area contributed by atoms with E-state index in [1.165, 1.54) is 0 Å². The van der Waals surface area contributed by atoms with E-state index in [1.54, 1.807) is 30.0 Å². The molecule has 4 heterocycles. The van der Waals surface area contributed by atoms with E-state index in [0.717, 1.165) is 23.9 Å². The molecular weight excluding hydrogens is 544 g/mol. The second kappa shape index (κ2) is 12.5. The van der Waals surface area contributed by atoms with Crippen LogP contribution in [0.15, 0.2) is 30.3 Å². The molecule has 1 aromatic carbocycles. The third-order valence-electron chi connectivity index (χ3n) is 7.57. The number of para-hydroxylation sites is 1. The van der Waals surface area contributed by atoms with Crippen LogP contribution in [0.4, 0.5) is 8.78 Å². The van der Waals surface area contributed by atoms with Gasteiger partial charge in [0.25, 0.3) is 5.91 Å². The van der Waals surface area contributed by atoms with Crippen LogP contribution in [0.2, 0.25) is 0 Å². The molecule has 0 N–H and O–H groups in total. The van der Waals surface area contributed by atoms with Crippen molar-refractivity contribution in [3.63, 3.8) is 0 Å². The molecule has 1 fully saturated rings. The molecule has 9 nitrogen and oxygen atoms in total. The lowest BCUT2D eigenvalue weighted by molar-refractivity contribution is -0.159. The van der Waals surface area contributed by atoms with Crippen molar-refractivity contribution in [3.8, 4) is 17.3 Å². The summed E-state index contributed by atoms with van der Waals surface area (Å²) in [4.78, 5) is 36.4. The number of ether oxygens (including phenoxy) is 2. The van der Waals surface area contributed by atoms with Crippen LogP contribution >= 0.6 is 0 Å². The Morgan fingerprint density at radius 2 is 1.98 bits per heavy atom. The summed E-state index contributed by atoms with van der Waals surface area (Å²) in [5, 5.41) is 0.821. The number of hydrogen-bond acceptors (Lipinski definition) is 6. The van der Waals surface area contributed by atoms with Gasteiger partial charge in [-0.05, 0) is 50.3 Å². The average Bonchev–Trinajstić information content (AvgIpc) is 3.67. The number of rotatable bonds is 10. The van der Waals surface area contributed by atoms with Crippen molar-refractivity contribution in [2.75, 3.05) is 26.4 Å². The molecule has 224 valence electrons. The Hall–Kier alpha value is -4.02. The zero-order valence-corrected chi connectivity index (χ0v) is 24.5. The standard InChI is InChI=1S/C29H31F2N5O4.C2H6/c1-3-39-29(38)25(31)40-23-7-4-6-18-14-22(36(24(18)23)16-17-8-9-17)27-33-21-15-19-20(32-26(21)34(27)2)10-13-35(28(19)37)12-5-11-30;1-2/h4,6-7,14-15,17,25H,3,5,8-13,16H2,1-2H3;1-2H3. The van der Waals surface area contributed by atoms with Gasteiger partial charge in [-0.25, -0.2) is 14.8 Å². The van der Waals surface area contributed by atoms with Gasteiger partial charge in [-0.2, -0.15) is 4.39 Å². The first-order valence-corrected chi connectivity index (χ1v) is 14.7. The molecule has 6 rings (SSSR count). The van der Waals surface area contributed by atoms with Gasteiger partial charge in [-0.3, -0.25) is 9.18 Å². The summed E-state index contributed by atoms with van der Waals surface area (Å²) in [6, 6.07) is 9.07. The Kier molecular flexibility index (Phi) is 8.74. The number of halogens is 2. The smallest absolute Gasteiger partial charge is 0.381 e. The normalized spacial score (nSPS) is 15.4. The molecule has 11 heteroatoms. The van der Waals surface area contributed by atoms with Crippen molar-refractivity contribution in [1.29, 1.82) is 0 Å². The lowest BCUT2D eigenvalue weighted by Gasteiger charge is -2.27. The first kappa shape index (κ1) is 29.5. The number of aromatic nitrogens is 4. The molecule has 1 saturated carbocycles. The van der Waals surface area contributed by atoms with E-state index < -0.39 is 19.0 Å². The molecular formula is C31H37F2N5O4. The zero-order chi connectivity index (χ0) is 30.0. The highest BCUT2D eigenvalue weighted by Gasteiger charge is 2.30. The van der Waals surface area contributed by atoms with Crippen LogP contribution in [0.1, 0.15) is 56.1 Å². The Labute approximate surface area is 243 Å². The van der Waals surface area contributed by atoms with Gasteiger partial charge in [0, 0.05) is 38.5 Å². The Bertz CT molecular complexity index is 1610. The Morgan fingerprint density at radius 3 is 2.69 bits per heavy atom. The molecule has 0 radical (unpaired) electrons. The number of nitrogens with zero attached hydrogens (tertiary/aromatic N) is 5. The lowest BCUT2D eigenvalue weighted by Crippen LogP contribution is -2.38. The lowest BCUT2D eigenvalue weighted by atomic mass is 10.0. The predicted octanol–water partition coefficient (Wildman–Crippen LogP) is 5.62. The number of carbonyl (C=O) groups excluding carboxylic acids is 2. The fraction of sp³-hybridized carbons (Fsp3) is 0.484. The third kappa shape index (κ3) is 5.56. The molecule has 1 amide bonds. The van der Waals surface area contributed by atoms with Crippen molar-refractivity contribution in [3.05, 3.63) is 41.6 Å². The van der Waals surface area contributed by atoms with Crippen LogP contribution in [0.25, 0.3) is 33.6 Å². The number of hydrogen-bond donors (Lipinski definition) is 0. The average molecular weight is 582 g/mol. The van der Waals surface area contributed by atoms with Crippen LogP contribution in [-0.2, 0) is 29.5 Å². The maximum atomic E-state index is 14.6. The van der Waals surface area contributed by atoms with Crippen LogP contribution in [-0.4, -0.2) is 68.6 Å². The number of pyridine rings is 1. The number of esters is 1. The van der Waals surface area contributed by atoms with E-state index in [1.807, 2.05) is 37.6 Å². The SMILES string of the molecule is CC.CCOC(=O)C(F)Oc1cccc2cc(-c3nc4cc5c(nc4n3C)CCN(CCCF)C5=O)n(CC3CC3)c12. The van der Waals surface area contributed by atoms with E-state index in [9.17, 15) is 18.4 Å². The largest absolute Gasteiger partial charge is 0.461 e. The molecule has 1 atom stereocenters. The van der Waals surface area contributed by atoms with Crippen LogP contribution < -0.4 is 4.74 Å². The minimum absolute atomic E-state index is 0.0560. The molecule has 42 heavy (non-hydrogen) atoms. The molecule has 3 aromatic heterocycles. The van der Waals surface area contributed by atoms with E-state index in [4.69, 9.17) is 19.4 Å². The van der Waals surface area contributed by atoms with Gasteiger partial charge >= 0.3 is 12.3 Å². The second-order valence-electron chi connectivity index (χ2n) is 10.4. The fourth-order valence-electron chi connectivity index (χ4n) is 5.42. The van der Waals surface area contributed by atoms with Crippen molar-refractivity contribution < 1.29 is 27.8 Å². The molecule has 4 aromatic rings. The van der Waals surface area contributed by atoms with Crippen molar-refractivity contribution in [2.45, 2.75) is 59.4 Å². The minimum Gasteiger partial charge on any atom is -0.461 e. The topological polar surface area (TPSA) is 91.5 Å². The van der Waals surface area contributed by atoms with Gasteiger partial charge < -0.3 is 23.5 Å².